The standard InChI is InChI=1S/C8H4BrClNP/c9-4-1-2-5-7(8(4)10)6(12)3-11-5/h1-3,11H. The van der Waals surface area contributed by atoms with Crippen molar-refractivity contribution in [2.75, 3.05) is 0 Å². The summed E-state index contributed by atoms with van der Waals surface area (Å²) in [6, 6.07) is 3.87. The first-order valence-electron chi connectivity index (χ1n) is 3.34. The number of hydrogen-bond acceptors (Lipinski definition) is 0. The van der Waals surface area contributed by atoms with E-state index < -0.39 is 0 Å². The minimum Gasteiger partial charge on any atom is -0.360 e. The molecule has 1 aromatic heterocycles. The quantitative estimate of drug-likeness (QED) is 0.696. The monoisotopic (exact) mass is 259 g/mol. The van der Waals surface area contributed by atoms with Crippen LogP contribution >= 0.6 is 36.8 Å². The third-order valence-electron chi connectivity index (χ3n) is 1.72. The highest BCUT2D eigenvalue weighted by atomic mass is 79.9. The van der Waals surface area contributed by atoms with Crippen molar-refractivity contribution in [3.05, 3.63) is 27.8 Å². The van der Waals surface area contributed by atoms with Crippen LogP contribution in [0.4, 0.5) is 0 Å². The Morgan fingerprint density at radius 3 is 2.92 bits per heavy atom. The minimum absolute atomic E-state index is 0.707. The van der Waals surface area contributed by atoms with Gasteiger partial charge in [-0.3, -0.25) is 0 Å². The Labute approximate surface area is 85.8 Å². The summed E-state index contributed by atoms with van der Waals surface area (Å²) in [6.45, 7) is 0. The SMILES string of the molecule is [P]c1c[nH]c2ccc(Br)c(Cl)c12. The molecule has 12 heavy (non-hydrogen) atoms. The van der Waals surface area contributed by atoms with Crippen LogP contribution in [0, 0.1) is 0 Å². The largest absolute Gasteiger partial charge is 0.360 e. The Morgan fingerprint density at radius 2 is 2.17 bits per heavy atom. The molecule has 0 saturated carbocycles. The van der Waals surface area contributed by atoms with Crippen LogP contribution in [0.1, 0.15) is 0 Å². The fourth-order valence-electron chi connectivity index (χ4n) is 1.14. The highest BCUT2D eigenvalue weighted by Gasteiger charge is 2.07. The summed E-state index contributed by atoms with van der Waals surface area (Å²) in [6.07, 6.45) is 1.83. The summed E-state index contributed by atoms with van der Waals surface area (Å²) in [5, 5.41) is 2.55. The highest BCUT2D eigenvalue weighted by Crippen LogP contribution is 2.30. The second-order valence-corrected chi connectivity index (χ2v) is 4.17. The molecule has 0 aliphatic heterocycles. The van der Waals surface area contributed by atoms with Gasteiger partial charge in [0.05, 0.1) is 5.02 Å². The minimum atomic E-state index is 0.707. The Bertz CT molecular complexity index is 438. The van der Waals surface area contributed by atoms with E-state index in [9.17, 15) is 0 Å². The van der Waals surface area contributed by atoms with Crippen molar-refractivity contribution in [2.24, 2.45) is 0 Å². The Morgan fingerprint density at radius 1 is 1.42 bits per heavy atom. The average molecular weight is 260 g/mol. The van der Waals surface area contributed by atoms with E-state index in [0.717, 1.165) is 20.7 Å². The molecular formula is C8H4BrClNP. The van der Waals surface area contributed by atoms with E-state index >= 15 is 0 Å². The van der Waals surface area contributed by atoms with Crippen molar-refractivity contribution in [3.63, 3.8) is 0 Å². The number of H-pyrrole nitrogens is 1. The molecule has 0 saturated heterocycles. The van der Waals surface area contributed by atoms with Crippen LogP contribution < -0.4 is 5.30 Å². The van der Waals surface area contributed by atoms with E-state index in [2.05, 4.69) is 30.2 Å². The van der Waals surface area contributed by atoms with Gasteiger partial charge in [-0.25, -0.2) is 0 Å². The molecule has 2 radical (unpaired) electrons. The van der Waals surface area contributed by atoms with Crippen molar-refractivity contribution >= 4 is 53.0 Å². The number of fused-ring (bicyclic) bond motifs is 1. The summed E-state index contributed by atoms with van der Waals surface area (Å²) >= 11 is 9.41. The van der Waals surface area contributed by atoms with Crippen LogP contribution in [-0.4, -0.2) is 4.98 Å². The zero-order chi connectivity index (χ0) is 8.72. The number of rotatable bonds is 0. The van der Waals surface area contributed by atoms with Gasteiger partial charge in [-0.05, 0) is 37.3 Å². The average Bonchev–Trinajstić information content (AvgIpc) is 2.41. The smallest absolute Gasteiger partial charge is 0.0648 e. The molecular weight excluding hydrogens is 256 g/mol. The molecule has 1 aromatic carbocycles. The predicted octanol–water partition coefficient (Wildman–Crippen LogP) is 3.62. The first-order chi connectivity index (χ1) is 5.70. The number of aromatic nitrogens is 1. The fraction of sp³-hybridized carbons (Fsp3) is 0. The number of benzene rings is 1. The molecule has 0 atom stereocenters. The molecule has 60 valence electrons. The van der Waals surface area contributed by atoms with Gasteiger partial charge in [-0.15, -0.1) is 0 Å². The zero-order valence-electron chi connectivity index (χ0n) is 5.94. The van der Waals surface area contributed by atoms with E-state index in [-0.39, 0.29) is 0 Å². The first-order valence-corrected chi connectivity index (χ1v) is 4.96. The summed E-state index contributed by atoms with van der Waals surface area (Å²) in [4.78, 5) is 3.07. The number of aromatic amines is 1. The molecule has 1 nitrogen and oxygen atoms in total. The van der Waals surface area contributed by atoms with Gasteiger partial charge in [0.15, 0.2) is 0 Å². The van der Waals surface area contributed by atoms with Crippen LogP contribution in [0.25, 0.3) is 10.9 Å². The van der Waals surface area contributed by atoms with Crippen LogP contribution in [0.3, 0.4) is 0 Å². The third kappa shape index (κ3) is 1.19. The zero-order valence-corrected chi connectivity index (χ0v) is 9.17. The molecule has 1 N–H and O–H groups in total. The number of hydrogen-bond donors (Lipinski definition) is 1. The molecule has 2 aromatic rings. The lowest BCUT2D eigenvalue weighted by molar-refractivity contribution is 1.48. The molecule has 0 spiro atoms. The molecule has 0 aliphatic rings. The van der Waals surface area contributed by atoms with Gasteiger partial charge < -0.3 is 4.98 Å². The van der Waals surface area contributed by atoms with Gasteiger partial charge in [0.25, 0.3) is 0 Å². The maximum absolute atomic E-state index is 6.06. The van der Waals surface area contributed by atoms with E-state index in [1.165, 1.54) is 0 Å². The van der Waals surface area contributed by atoms with Crippen molar-refractivity contribution in [1.82, 2.24) is 4.98 Å². The molecule has 0 amide bonds. The van der Waals surface area contributed by atoms with Gasteiger partial charge in [0.1, 0.15) is 0 Å². The van der Waals surface area contributed by atoms with Gasteiger partial charge in [-0.1, -0.05) is 11.6 Å². The lowest BCUT2D eigenvalue weighted by Crippen LogP contribution is -1.85. The maximum atomic E-state index is 6.06. The second-order valence-electron chi connectivity index (χ2n) is 2.46. The van der Waals surface area contributed by atoms with E-state index in [1.54, 1.807) is 0 Å². The molecule has 4 heteroatoms. The summed E-state index contributed by atoms with van der Waals surface area (Å²) in [5.74, 6) is 0. The molecule has 0 fully saturated rings. The molecule has 1 heterocycles. The molecule has 2 rings (SSSR count). The Kier molecular flexibility index (Phi) is 2.16. The van der Waals surface area contributed by atoms with Crippen molar-refractivity contribution < 1.29 is 0 Å². The normalized spacial score (nSPS) is 10.9. The highest BCUT2D eigenvalue weighted by molar-refractivity contribution is 9.10. The second kappa shape index (κ2) is 3.02. The fourth-order valence-corrected chi connectivity index (χ4v) is 2.10. The van der Waals surface area contributed by atoms with Gasteiger partial charge >= 0.3 is 0 Å². The topological polar surface area (TPSA) is 15.8 Å². The maximum Gasteiger partial charge on any atom is 0.0648 e. The van der Waals surface area contributed by atoms with Crippen LogP contribution in [0.2, 0.25) is 5.02 Å². The number of halogens is 2. The van der Waals surface area contributed by atoms with E-state index in [1.807, 2.05) is 18.3 Å². The Balaban J connectivity index is 2.96. The summed E-state index contributed by atoms with van der Waals surface area (Å²) < 4.78 is 0.895. The Hall–Kier alpha value is -0.0400. The van der Waals surface area contributed by atoms with Crippen molar-refractivity contribution in [2.45, 2.75) is 0 Å². The molecule has 0 unspecified atom stereocenters. The lowest BCUT2D eigenvalue weighted by Gasteiger charge is -1.97. The van der Waals surface area contributed by atoms with Crippen molar-refractivity contribution in [3.8, 4) is 0 Å². The third-order valence-corrected chi connectivity index (χ3v) is 3.35. The van der Waals surface area contributed by atoms with Crippen LogP contribution in [0.5, 0.6) is 0 Å². The molecule has 0 aliphatic carbocycles. The van der Waals surface area contributed by atoms with Gasteiger partial charge in [0.2, 0.25) is 0 Å². The van der Waals surface area contributed by atoms with Crippen molar-refractivity contribution in [1.29, 1.82) is 0 Å². The van der Waals surface area contributed by atoms with Crippen LogP contribution in [0.15, 0.2) is 22.8 Å². The number of nitrogens with one attached hydrogen (secondary N) is 1. The molecule has 0 bridgehead atoms. The first kappa shape index (κ1) is 8.55. The lowest BCUT2D eigenvalue weighted by atomic mass is 10.2. The summed E-state index contributed by atoms with van der Waals surface area (Å²) in [5.41, 5.74) is 1.01. The predicted molar refractivity (Wildman–Crippen MR) is 57.6 cm³/mol. The van der Waals surface area contributed by atoms with Gasteiger partial charge in [-0.2, -0.15) is 0 Å². The van der Waals surface area contributed by atoms with E-state index in [0.29, 0.717) is 5.02 Å². The van der Waals surface area contributed by atoms with E-state index in [4.69, 9.17) is 11.6 Å². The van der Waals surface area contributed by atoms with Crippen LogP contribution in [-0.2, 0) is 0 Å². The summed E-state index contributed by atoms with van der Waals surface area (Å²) in [7, 11) is 4.28. The van der Waals surface area contributed by atoms with Gasteiger partial charge in [0, 0.05) is 26.9 Å².